The molecule has 0 amide bonds. The van der Waals surface area contributed by atoms with E-state index in [0.29, 0.717) is 17.8 Å². The van der Waals surface area contributed by atoms with Gasteiger partial charge in [0.25, 0.3) is 0 Å². The van der Waals surface area contributed by atoms with E-state index in [9.17, 15) is 20.4 Å². The Morgan fingerprint density at radius 1 is 0.844 bits per heavy atom. The highest BCUT2D eigenvalue weighted by Gasteiger charge is 2.88. The molecule has 9 heteroatoms. The monoisotopic (exact) mass is 634 g/mol. The Kier molecular flexibility index (Phi) is 6.69. The molecular formula is C36H58O9. The zero-order valence-corrected chi connectivity index (χ0v) is 28.6. The predicted molar refractivity (Wildman–Crippen MR) is 164 cm³/mol. The van der Waals surface area contributed by atoms with E-state index in [-0.39, 0.29) is 57.9 Å². The van der Waals surface area contributed by atoms with E-state index < -0.39 is 42.1 Å². The summed E-state index contributed by atoms with van der Waals surface area (Å²) in [6.45, 7) is 16.0. The summed E-state index contributed by atoms with van der Waals surface area (Å²) in [4.78, 5) is 0. The molecule has 0 aromatic carbocycles. The van der Waals surface area contributed by atoms with Crippen LogP contribution in [0.4, 0.5) is 0 Å². The standard InChI is InChI=1S/C36H58O9/c1-18-15-20-27(31(4,5)41-8)45-36(44-20)26(18)32(6)13-14-35-17-34(35)12-11-23(43-28-25(39)24(38)19(37)16-42-28)30(2,3)21(34)9-10-22(35)33(32,7)29(36)40/h18-29,37-40H,9-17H2,1-8H3. The van der Waals surface area contributed by atoms with E-state index in [0.717, 1.165) is 38.5 Å². The lowest BCUT2D eigenvalue weighted by Crippen LogP contribution is -2.61. The molecule has 0 aromatic heterocycles. The van der Waals surface area contributed by atoms with Gasteiger partial charge in [0, 0.05) is 18.4 Å². The van der Waals surface area contributed by atoms with Crippen LogP contribution in [-0.2, 0) is 23.7 Å². The van der Waals surface area contributed by atoms with Crippen LogP contribution in [0.1, 0.15) is 99.8 Å². The van der Waals surface area contributed by atoms with Gasteiger partial charge in [0.2, 0.25) is 0 Å². The molecule has 3 heterocycles. The third-order valence-electron chi connectivity index (χ3n) is 16.4. The first-order chi connectivity index (χ1) is 21.0. The molecule has 17 atom stereocenters. The summed E-state index contributed by atoms with van der Waals surface area (Å²) in [6.07, 6.45) is 2.70. The maximum atomic E-state index is 12.8. The van der Waals surface area contributed by atoms with Gasteiger partial charge in [-0.15, -0.1) is 0 Å². The fraction of sp³-hybridized carbons (Fsp3) is 1.00. The molecule has 4 N–H and O–H groups in total. The van der Waals surface area contributed by atoms with Crippen molar-refractivity contribution in [3.63, 3.8) is 0 Å². The first-order valence-electron chi connectivity index (χ1n) is 17.9. The molecule has 8 fully saturated rings. The molecule has 45 heavy (non-hydrogen) atoms. The second-order valence-electron chi connectivity index (χ2n) is 18.4. The number of hydrogen-bond acceptors (Lipinski definition) is 9. The molecule has 3 saturated heterocycles. The number of methoxy groups -OCH3 is 1. The van der Waals surface area contributed by atoms with Crippen molar-refractivity contribution in [3.8, 4) is 0 Å². The maximum Gasteiger partial charge on any atom is 0.199 e. The zero-order valence-electron chi connectivity index (χ0n) is 28.6. The molecular weight excluding hydrogens is 576 g/mol. The van der Waals surface area contributed by atoms with Crippen molar-refractivity contribution in [2.75, 3.05) is 13.7 Å². The first-order valence-corrected chi connectivity index (χ1v) is 17.9. The van der Waals surface area contributed by atoms with Crippen molar-refractivity contribution in [2.45, 2.75) is 160 Å². The molecule has 8 aliphatic rings. The van der Waals surface area contributed by atoms with E-state index in [4.69, 9.17) is 23.7 Å². The number of aliphatic hydroxyl groups is 4. The Morgan fingerprint density at radius 2 is 1.53 bits per heavy atom. The number of aliphatic hydroxyl groups excluding tert-OH is 4. The van der Waals surface area contributed by atoms with Gasteiger partial charge >= 0.3 is 0 Å². The van der Waals surface area contributed by atoms with Crippen molar-refractivity contribution in [3.05, 3.63) is 0 Å². The van der Waals surface area contributed by atoms with Crippen LogP contribution in [0.25, 0.3) is 0 Å². The second kappa shape index (κ2) is 9.45. The van der Waals surface area contributed by atoms with E-state index in [1.807, 2.05) is 0 Å². The molecule has 3 aliphatic heterocycles. The number of rotatable bonds is 4. The highest BCUT2D eigenvalue weighted by molar-refractivity contribution is 5.34. The third-order valence-corrected chi connectivity index (χ3v) is 16.4. The van der Waals surface area contributed by atoms with Crippen molar-refractivity contribution in [1.29, 1.82) is 0 Å². The van der Waals surface area contributed by atoms with Gasteiger partial charge < -0.3 is 44.1 Å². The summed E-state index contributed by atoms with van der Waals surface area (Å²) in [5, 5.41) is 43.6. The first kappa shape index (κ1) is 31.9. The van der Waals surface area contributed by atoms with Crippen LogP contribution in [0.2, 0.25) is 0 Å². The molecule has 0 aromatic rings. The lowest BCUT2D eigenvalue weighted by atomic mass is 9.41. The van der Waals surface area contributed by atoms with Crippen LogP contribution in [-0.4, -0.2) is 94.5 Å². The minimum absolute atomic E-state index is 0.0487. The number of hydrogen-bond donors (Lipinski definition) is 4. The summed E-state index contributed by atoms with van der Waals surface area (Å²) in [5.74, 6) is 0.346. The summed E-state index contributed by atoms with van der Waals surface area (Å²) in [7, 11) is 1.74. The van der Waals surface area contributed by atoms with E-state index in [2.05, 4.69) is 48.5 Å². The molecule has 9 nitrogen and oxygen atoms in total. The highest BCUT2D eigenvalue weighted by atomic mass is 16.8. The highest BCUT2D eigenvalue weighted by Crippen LogP contribution is 2.90. The Morgan fingerprint density at radius 3 is 2.24 bits per heavy atom. The van der Waals surface area contributed by atoms with Gasteiger partial charge in [-0.3, -0.25) is 0 Å². The maximum absolute atomic E-state index is 12.8. The molecule has 256 valence electrons. The smallest absolute Gasteiger partial charge is 0.199 e. The topological polar surface area (TPSA) is 127 Å². The van der Waals surface area contributed by atoms with Crippen LogP contribution < -0.4 is 0 Å². The predicted octanol–water partition coefficient (Wildman–Crippen LogP) is 3.78. The van der Waals surface area contributed by atoms with Crippen LogP contribution in [0.5, 0.6) is 0 Å². The van der Waals surface area contributed by atoms with Crippen LogP contribution in [0.15, 0.2) is 0 Å². The normalized spacial score (nSPS) is 61.1. The van der Waals surface area contributed by atoms with Crippen molar-refractivity contribution >= 4 is 0 Å². The van der Waals surface area contributed by atoms with Gasteiger partial charge in [-0.2, -0.15) is 0 Å². The van der Waals surface area contributed by atoms with Crippen LogP contribution in [0.3, 0.4) is 0 Å². The SMILES string of the molecule is COC(C)(C)C1OC23OC1CC(C)C2C1(C)CCC24CC25CCC(OC2OCC(O)C(O)C2O)C(C)(C)C5CCC4C1(C)C3O. The summed E-state index contributed by atoms with van der Waals surface area (Å²) < 4.78 is 32.1. The van der Waals surface area contributed by atoms with Gasteiger partial charge in [-0.1, -0.05) is 34.6 Å². The fourth-order valence-corrected chi connectivity index (χ4v) is 14.1. The van der Waals surface area contributed by atoms with Crippen molar-refractivity contribution in [2.24, 2.45) is 50.7 Å². The van der Waals surface area contributed by atoms with Gasteiger partial charge in [0.1, 0.15) is 30.5 Å². The lowest BCUT2D eigenvalue weighted by molar-refractivity contribution is -0.303. The summed E-state index contributed by atoms with van der Waals surface area (Å²) in [6, 6.07) is 0. The Bertz CT molecular complexity index is 1220. The molecule has 2 bridgehead atoms. The Balaban J connectivity index is 1.10. The summed E-state index contributed by atoms with van der Waals surface area (Å²) in [5.41, 5.74) is -0.717. The molecule has 5 saturated carbocycles. The van der Waals surface area contributed by atoms with Crippen molar-refractivity contribution < 1.29 is 44.1 Å². The fourth-order valence-electron chi connectivity index (χ4n) is 14.1. The molecule has 0 radical (unpaired) electrons. The van der Waals surface area contributed by atoms with Gasteiger partial charge in [0.05, 0.1) is 24.4 Å². The van der Waals surface area contributed by atoms with Crippen LogP contribution >= 0.6 is 0 Å². The van der Waals surface area contributed by atoms with Gasteiger partial charge in [0.15, 0.2) is 12.1 Å². The summed E-state index contributed by atoms with van der Waals surface area (Å²) >= 11 is 0. The third kappa shape index (κ3) is 3.57. The van der Waals surface area contributed by atoms with Gasteiger partial charge in [-0.25, -0.2) is 0 Å². The molecule has 8 rings (SSSR count). The van der Waals surface area contributed by atoms with E-state index in [1.165, 1.54) is 12.8 Å². The largest absolute Gasteiger partial charge is 0.388 e. The zero-order chi connectivity index (χ0) is 32.3. The van der Waals surface area contributed by atoms with Crippen LogP contribution in [0, 0.1) is 50.7 Å². The number of fused-ring (bicyclic) bond motifs is 4. The van der Waals surface area contributed by atoms with Gasteiger partial charge in [-0.05, 0) is 105 Å². The van der Waals surface area contributed by atoms with Crippen molar-refractivity contribution in [1.82, 2.24) is 0 Å². The van der Waals surface area contributed by atoms with E-state index >= 15 is 0 Å². The molecule has 17 unspecified atom stereocenters. The Hall–Kier alpha value is -0.360. The number of ether oxygens (including phenoxy) is 5. The Labute approximate surface area is 268 Å². The average molecular weight is 635 g/mol. The average Bonchev–Trinajstić information content (AvgIpc) is 3.50. The van der Waals surface area contributed by atoms with E-state index in [1.54, 1.807) is 7.11 Å². The second-order valence-corrected chi connectivity index (χ2v) is 18.4. The minimum Gasteiger partial charge on any atom is -0.388 e. The lowest BCUT2D eigenvalue weighted by Gasteiger charge is -2.63. The molecule has 3 spiro atoms. The minimum atomic E-state index is -1.28. The quantitative estimate of drug-likeness (QED) is 0.342. The molecule has 5 aliphatic carbocycles.